The first-order valence-electron chi connectivity index (χ1n) is 11.1. The highest BCUT2D eigenvalue weighted by molar-refractivity contribution is 6.29. The Labute approximate surface area is 200 Å². The molecule has 0 radical (unpaired) electrons. The summed E-state index contributed by atoms with van der Waals surface area (Å²) in [6.45, 7) is 8.21. The van der Waals surface area contributed by atoms with Crippen molar-refractivity contribution >= 4 is 23.2 Å². The minimum Gasteiger partial charge on any atom is -0.490 e. The second kappa shape index (κ2) is 12.1. The van der Waals surface area contributed by atoms with Gasteiger partial charge in [-0.3, -0.25) is 4.79 Å². The van der Waals surface area contributed by atoms with Gasteiger partial charge in [-0.15, -0.1) is 0 Å². The third kappa shape index (κ3) is 7.68. The molecule has 174 valence electrons. The molecule has 3 rings (SSSR count). The van der Waals surface area contributed by atoms with Crippen LogP contribution in [0.25, 0.3) is 0 Å². The summed E-state index contributed by atoms with van der Waals surface area (Å²) in [5, 5.41) is 6.77. The van der Waals surface area contributed by atoms with Gasteiger partial charge in [-0.05, 0) is 54.8 Å². The van der Waals surface area contributed by atoms with Crippen molar-refractivity contribution in [3.63, 3.8) is 0 Å². The van der Waals surface area contributed by atoms with E-state index in [2.05, 4.69) is 29.5 Å². The number of ether oxygens (including phenoxy) is 2. The number of anilines is 1. The second-order valence-electron chi connectivity index (χ2n) is 8.03. The van der Waals surface area contributed by atoms with Gasteiger partial charge >= 0.3 is 0 Å². The smallest absolute Gasteiger partial charge is 0.251 e. The molecule has 0 aliphatic heterocycles. The molecular weight excluding hydrogens is 438 g/mol. The Morgan fingerprint density at radius 3 is 2.58 bits per heavy atom. The van der Waals surface area contributed by atoms with Gasteiger partial charge in [-0.25, -0.2) is 4.98 Å². The van der Waals surface area contributed by atoms with Gasteiger partial charge in [0.15, 0.2) is 11.5 Å². The highest BCUT2D eigenvalue weighted by atomic mass is 35.5. The number of hydrogen-bond acceptors (Lipinski definition) is 5. The van der Waals surface area contributed by atoms with Crippen molar-refractivity contribution in [3.05, 3.63) is 82.6 Å². The Hall–Kier alpha value is -3.25. The van der Waals surface area contributed by atoms with Gasteiger partial charge in [0.1, 0.15) is 11.8 Å². The summed E-state index contributed by atoms with van der Waals surface area (Å²) >= 11 is 5.84. The van der Waals surface area contributed by atoms with Crippen molar-refractivity contribution in [2.45, 2.75) is 33.9 Å². The summed E-state index contributed by atoms with van der Waals surface area (Å²) in [6.07, 6.45) is 1.69. The molecule has 6 nitrogen and oxygen atoms in total. The molecule has 0 saturated heterocycles. The number of carbonyl (C=O) groups is 1. The van der Waals surface area contributed by atoms with Crippen LogP contribution in [0.4, 0.5) is 5.69 Å². The summed E-state index contributed by atoms with van der Waals surface area (Å²) in [5.41, 5.74) is 3.47. The van der Waals surface area contributed by atoms with E-state index >= 15 is 0 Å². The van der Waals surface area contributed by atoms with E-state index in [0.717, 1.165) is 16.8 Å². The molecule has 1 heterocycles. The molecule has 2 N–H and O–H groups in total. The van der Waals surface area contributed by atoms with Crippen LogP contribution in [0.2, 0.25) is 5.15 Å². The molecule has 0 atom stereocenters. The summed E-state index contributed by atoms with van der Waals surface area (Å²) in [5.74, 6) is 1.69. The molecule has 1 amide bonds. The van der Waals surface area contributed by atoms with E-state index in [4.69, 9.17) is 21.1 Å². The molecule has 0 aliphatic rings. The molecule has 0 bridgehead atoms. The normalized spacial score (nSPS) is 10.7. The fourth-order valence-electron chi connectivity index (χ4n) is 3.08. The Bertz CT molecular complexity index is 1050. The molecule has 7 heteroatoms. The number of carbonyl (C=O) groups excluding carboxylic acids is 1. The molecule has 0 fully saturated rings. The number of nitrogens with one attached hydrogen (secondary N) is 2. The number of hydrogen-bond donors (Lipinski definition) is 2. The van der Waals surface area contributed by atoms with Crippen LogP contribution in [0.15, 0.2) is 60.8 Å². The average molecular weight is 468 g/mol. The quantitative estimate of drug-likeness (QED) is 0.353. The summed E-state index contributed by atoms with van der Waals surface area (Å²) in [7, 11) is 0. The third-order valence-corrected chi connectivity index (χ3v) is 5.01. The third-order valence-electron chi connectivity index (χ3n) is 4.78. The summed E-state index contributed by atoms with van der Waals surface area (Å²) < 4.78 is 11.7. The standard InChI is InChI=1S/C26H30ClN3O3/c1-4-32-24-12-19(8-10-23(24)33-17-20-9-11-25(27)29-16-20)15-28-22-7-5-6-21(13-22)26(31)30-14-18(2)3/h5-13,16,18,28H,4,14-15,17H2,1-3H3,(H,30,31). The van der Waals surface area contributed by atoms with E-state index in [1.54, 1.807) is 12.3 Å². The van der Waals surface area contributed by atoms with Crippen LogP contribution in [-0.4, -0.2) is 24.0 Å². The lowest BCUT2D eigenvalue weighted by atomic mass is 10.1. The zero-order valence-electron chi connectivity index (χ0n) is 19.2. The van der Waals surface area contributed by atoms with Crippen molar-refractivity contribution in [2.75, 3.05) is 18.5 Å². The summed E-state index contributed by atoms with van der Waals surface area (Å²) in [4.78, 5) is 16.4. The molecule has 0 aliphatic carbocycles. The first kappa shape index (κ1) is 24.4. The molecule has 33 heavy (non-hydrogen) atoms. The van der Waals surface area contributed by atoms with Crippen LogP contribution in [0.3, 0.4) is 0 Å². The number of nitrogens with zero attached hydrogens (tertiary/aromatic N) is 1. The minimum absolute atomic E-state index is 0.0663. The first-order chi connectivity index (χ1) is 15.9. The number of rotatable bonds is 11. The number of amides is 1. The molecular formula is C26H30ClN3O3. The lowest BCUT2D eigenvalue weighted by Gasteiger charge is -2.14. The lowest BCUT2D eigenvalue weighted by molar-refractivity contribution is 0.0949. The van der Waals surface area contributed by atoms with E-state index < -0.39 is 0 Å². The van der Waals surface area contributed by atoms with Crippen molar-refractivity contribution in [1.29, 1.82) is 0 Å². The van der Waals surface area contributed by atoms with Crippen LogP contribution in [0, 0.1) is 5.92 Å². The fourth-order valence-corrected chi connectivity index (χ4v) is 3.19. The Balaban J connectivity index is 1.63. The van der Waals surface area contributed by atoms with Gasteiger partial charge < -0.3 is 20.1 Å². The second-order valence-corrected chi connectivity index (χ2v) is 8.42. The number of pyridine rings is 1. The largest absolute Gasteiger partial charge is 0.490 e. The Morgan fingerprint density at radius 2 is 1.85 bits per heavy atom. The molecule has 0 unspecified atom stereocenters. The lowest BCUT2D eigenvalue weighted by Crippen LogP contribution is -2.27. The first-order valence-corrected chi connectivity index (χ1v) is 11.4. The molecule has 0 spiro atoms. The van der Waals surface area contributed by atoms with Gasteiger partial charge in [0.05, 0.1) is 6.61 Å². The van der Waals surface area contributed by atoms with Crippen molar-refractivity contribution < 1.29 is 14.3 Å². The number of aromatic nitrogens is 1. The Morgan fingerprint density at radius 1 is 1.03 bits per heavy atom. The molecule has 3 aromatic rings. The maximum Gasteiger partial charge on any atom is 0.251 e. The van der Waals surface area contributed by atoms with Crippen LogP contribution in [-0.2, 0) is 13.2 Å². The number of benzene rings is 2. The predicted molar refractivity (Wildman–Crippen MR) is 132 cm³/mol. The maximum atomic E-state index is 12.3. The van der Waals surface area contributed by atoms with Gasteiger partial charge in [0, 0.05) is 36.1 Å². The minimum atomic E-state index is -0.0663. The fraction of sp³-hybridized carbons (Fsp3) is 0.308. The monoisotopic (exact) mass is 467 g/mol. The van der Waals surface area contributed by atoms with E-state index in [-0.39, 0.29) is 5.91 Å². The topological polar surface area (TPSA) is 72.5 Å². The van der Waals surface area contributed by atoms with Gasteiger partial charge in [-0.1, -0.05) is 43.6 Å². The van der Waals surface area contributed by atoms with E-state index in [1.165, 1.54) is 0 Å². The van der Waals surface area contributed by atoms with Crippen molar-refractivity contribution in [1.82, 2.24) is 10.3 Å². The zero-order chi connectivity index (χ0) is 23.6. The van der Waals surface area contributed by atoms with Gasteiger partial charge in [-0.2, -0.15) is 0 Å². The van der Waals surface area contributed by atoms with Gasteiger partial charge in [0.2, 0.25) is 0 Å². The molecule has 1 aromatic heterocycles. The van der Waals surface area contributed by atoms with Crippen molar-refractivity contribution in [3.8, 4) is 11.5 Å². The van der Waals surface area contributed by atoms with Crippen LogP contribution in [0.1, 0.15) is 42.3 Å². The highest BCUT2D eigenvalue weighted by Gasteiger charge is 2.09. The van der Waals surface area contributed by atoms with E-state index in [9.17, 15) is 4.79 Å². The molecule has 2 aromatic carbocycles. The van der Waals surface area contributed by atoms with Gasteiger partial charge in [0.25, 0.3) is 5.91 Å². The van der Waals surface area contributed by atoms with E-state index in [1.807, 2.05) is 55.5 Å². The van der Waals surface area contributed by atoms with Crippen LogP contribution >= 0.6 is 11.6 Å². The highest BCUT2D eigenvalue weighted by Crippen LogP contribution is 2.29. The molecule has 0 saturated carbocycles. The summed E-state index contributed by atoms with van der Waals surface area (Å²) in [6, 6.07) is 17.0. The van der Waals surface area contributed by atoms with E-state index in [0.29, 0.717) is 54.4 Å². The average Bonchev–Trinajstić information content (AvgIpc) is 2.82. The predicted octanol–water partition coefficient (Wildman–Crippen LogP) is 5.71. The SMILES string of the molecule is CCOc1cc(CNc2cccc(C(=O)NCC(C)C)c2)ccc1OCc1ccc(Cl)nc1. The zero-order valence-corrected chi connectivity index (χ0v) is 20.0. The van der Waals surface area contributed by atoms with Crippen LogP contribution in [0.5, 0.6) is 11.5 Å². The number of halogens is 1. The Kier molecular flexibility index (Phi) is 8.95. The van der Waals surface area contributed by atoms with Crippen LogP contribution < -0.4 is 20.1 Å². The van der Waals surface area contributed by atoms with Crippen molar-refractivity contribution in [2.24, 2.45) is 5.92 Å². The maximum absolute atomic E-state index is 12.3.